The van der Waals surface area contributed by atoms with Gasteiger partial charge in [0, 0.05) is 12.0 Å². The van der Waals surface area contributed by atoms with Crippen LogP contribution in [0.15, 0.2) is 24.3 Å². The largest absolute Gasteiger partial charge is 0.355 e. The molecule has 0 aliphatic heterocycles. The maximum atomic E-state index is 13.6. The van der Waals surface area contributed by atoms with Gasteiger partial charge in [0.2, 0.25) is 5.91 Å². The van der Waals surface area contributed by atoms with Crippen molar-refractivity contribution in [3.05, 3.63) is 35.6 Å². The van der Waals surface area contributed by atoms with Crippen LogP contribution in [0.2, 0.25) is 0 Å². The fourth-order valence-electron chi connectivity index (χ4n) is 5.59. The average molecular weight is 301 g/mol. The Morgan fingerprint density at radius 2 is 1.68 bits per heavy atom. The number of hydrogen-bond acceptors (Lipinski definition) is 1. The molecule has 118 valence electrons. The van der Waals surface area contributed by atoms with Crippen molar-refractivity contribution >= 4 is 5.91 Å². The highest BCUT2D eigenvalue weighted by Gasteiger charge is 2.54. The van der Waals surface area contributed by atoms with E-state index in [-0.39, 0.29) is 17.1 Å². The van der Waals surface area contributed by atoms with Crippen LogP contribution in [-0.4, -0.2) is 12.5 Å². The standard InChI is InChI=1S/C19H24FNO/c20-17-4-2-1-3-16(17)5-6-21-18(22)19-10-13-7-14(11-19)9-15(8-13)12-19/h1-4,13-15H,5-12H2,(H,21,22). The van der Waals surface area contributed by atoms with Gasteiger partial charge in [-0.1, -0.05) is 18.2 Å². The lowest BCUT2D eigenvalue weighted by atomic mass is 9.49. The van der Waals surface area contributed by atoms with Crippen LogP contribution in [0.5, 0.6) is 0 Å². The maximum absolute atomic E-state index is 13.6. The summed E-state index contributed by atoms with van der Waals surface area (Å²) in [5.74, 6) is 2.41. The lowest BCUT2D eigenvalue weighted by Crippen LogP contribution is -2.53. The van der Waals surface area contributed by atoms with Crippen molar-refractivity contribution in [2.75, 3.05) is 6.54 Å². The van der Waals surface area contributed by atoms with E-state index in [1.807, 2.05) is 6.07 Å². The Bertz CT molecular complexity index is 547. The van der Waals surface area contributed by atoms with Crippen LogP contribution >= 0.6 is 0 Å². The van der Waals surface area contributed by atoms with Crippen molar-refractivity contribution in [2.45, 2.75) is 44.9 Å². The lowest BCUT2D eigenvalue weighted by Gasteiger charge is -2.55. The van der Waals surface area contributed by atoms with Crippen molar-refractivity contribution in [1.82, 2.24) is 5.32 Å². The van der Waals surface area contributed by atoms with Crippen molar-refractivity contribution in [3.8, 4) is 0 Å². The fourth-order valence-corrected chi connectivity index (χ4v) is 5.59. The van der Waals surface area contributed by atoms with E-state index in [1.54, 1.807) is 12.1 Å². The molecule has 0 heterocycles. The molecular weight excluding hydrogens is 277 g/mol. The number of carbonyl (C=O) groups excluding carboxylic acids is 1. The van der Waals surface area contributed by atoms with Crippen LogP contribution < -0.4 is 5.32 Å². The van der Waals surface area contributed by atoms with Crippen LogP contribution in [0.1, 0.15) is 44.1 Å². The molecule has 0 atom stereocenters. The third-order valence-electron chi connectivity index (χ3n) is 6.16. The Morgan fingerprint density at radius 1 is 1.09 bits per heavy atom. The first-order valence-corrected chi connectivity index (χ1v) is 8.66. The first-order valence-electron chi connectivity index (χ1n) is 8.66. The first kappa shape index (κ1) is 14.2. The van der Waals surface area contributed by atoms with Gasteiger partial charge in [-0.2, -0.15) is 0 Å². The van der Waals surface area contributed by atoms with E-state index in [1.165, 1.54) is 25.3 Å². The highest BCUT2D eigenvalue weighted by Crippen LogP contribution is 2.60. The van der Waals surface area contributed by atoms with E-state index >= 15 is 0 Å². The highest BCUT2D eigenvalue weighted by molar-refractivity contribution is 5.83. The Labute approximate surface area is 131 Å². The molecule has 0 unspecified atom stereocenters. The van der Waals surface area contributed by atoms with Crippen molar-refractivity contribution in [3.63, 3.8) is 0 Å². The first-order chi connectivity index (χ1) is 10.6. The van der Waals surface area contributed by atoms with Crippen LogP contribution in [0.25, 0.3) is 0 Å². The average Bonchev–Trinajstić information content (AvgIpc) is 2.47. The second-order valence-electron chi connectivity index (χ2n) is 7.80. The smallest absolute Gasteiger partial charge is 0.226 e. The van der Waals surface area contributed by atoms with Gasteiger partial charge >= 0.3 is 0 Å². The predicted molar refractivity (Wildman–Crippen MR) is 83.7 cm³/mol. The summed E-state index contributed by atoms with van der Waals surface area (Å²) in [6.45, 7) is 0.543. The van der Waals surface area contributed by atoms with Gasteiger partial charge in [0.15, 0.2) is 0 Å². The number of hydrogen-bond donors (Lipinski definition) is 1. The summed E-state index contributed by atoms with van der Waals surface area (Å²) in [7, 11) is 0. The minimum atomic E-state index is -0.174. The Morgan fingerprint density at radius 3 is 2.27 bits per heavy atom. The molecule has 0 aromatic heterocycles. The molecule has 4 saturated carbocycles. The molecule has 1 aromatic carbocycles. The molecule has 5 rings (SSSR count). The molecule has 4 aliphatic rings. The quantitative estimate of drug-likeness (QED) is 0.902. The summed E-state index contributed by atoms with van der Waals surface area (Å²) in [5.41, 5.74) is 0.595. The number of amides is 1. The summed E-state index contributed by atoms with van der Waals surface area (Å²) in [6.07, 6.45) is 7.88. The molecule has 4 aliphatic carbocycles. The Balaban J connectivity index is 1.37. The van der Waals surface area contributed by atoms with Gasteiger partial charge in [0.25, 0.3) is 0 Å². The van der Waals surface area contributed by atoms with E-state index < -0.39 is 0 Å². The maximum Gasteiger partial charge on any atom is 0.226 e. The summed E-state index contributed by atoms with van der Waals surface area (Å²) in [5, 5.41) is 3.11. The number of carbonyl (C=O) groups is 1. The minimum Gasteiger partial charge on any atom is -0.355 e. The fraction of sp³-hybridized carbons (Fsp3) is 0.632. The number of nitrogens with one attached hydrogen (secondary N) is 1. The zero-order chi connectivity index (χ0) is 15.2. The van der Waals surface area contributed by atoms with Crippen molar-refractivity contribution in [2.24, 2.45) is 23.2 Å². The van der Waals surface area contributed by atoms with Gasteiger partial charge in [-0.3, -0.25) is 4.79 Å². The summed E-state index contributed by atoms with van der Waals surface area (Å²) < 4.78 is 13.6. The van der Waals surface area contributed by atoms with Gasteiger partial charge < -0.3 is 5.32 Å². The molecule has 1 amide bonds. The van der Waals surface area contributed by atoms with Gasteiger partial charge in [-0.25, -0.2) is 4.39 Å². The number of halogens is 1. The lowest BCUT2D eigenvalue weighted by molar-refractivity contribution is -0.146. The molecule has 0 radical (unpaired) electrons. The van der Waals surface area contributed by atoms with E-state index in [9.17, 15) is 9.18 Å². The second kappa shape index (κ2) is 5.36. The minimum absolute atomic E-state index is 0.0933. The van der Waals surface area contributed by atoms with E-state index in [4.69, 9.17) is 0 Å². The van der Waals surface area contributed by atoms with E-state index in [0.717, 1.165) is 37.0 Å². The molecule has 4 bridgehead atoms. The highest BCUT2D eigenvalue weighted by atomic mass is 19.1. The van der Waals surface area contributed by atoms with Gasteiger partial charge in [-0.15, -0.1) is 0 Å². The SMILES string of the molecule is O=C(NCCc1ccccc1F)C12CC3CC(CC(C3)C1)C2. The Kier molecular flexibility index (Phi) is 3.47. The number of benzene rings is 1. The van der Waals surface area contributed by atoms with Gasteiger partial charge in [0.1, 0.15) is 5.82 Å². The zero-order valence-corrected chi connectivity index (χ0v) is 13.0. The molecule has 3 heteroatoms. The van der Waals surface area contributed by atoms with Crippen LogP contribution in [0, 0.1) is 29.0 Å². The molecule has 1 N–H and O–H groups in total. The molecule has 4 fully saturated rings. The monoisotopic (exact) mass is 301 g/mol. The predicted octanol–water partition coefficient (Wildman–Crippen LogP) is 3.70. The molecule has 2 nitrogen and oxygen atoms in total. The van der Waals surface area contributed by atoms with E-state index in [0.29, 0.717) is 18.5 Å². The Hall–Kier alpha value is -1.38. The number of rotatable bonds is 4. The second-order valence-corrected chi connectivity index (χ2v) is 7.80. The molecule has 0 spiro atoms. The third kappa shape index (κ3) is 2.45. The molecular formula is C19H24FNO. The zero-order valence-electron chi connectivity index (χ0n) is 13.0. The topological polar surface area (TPSA) is 29.1 Å². The summed E-state index contributed by atoms with van der Waals surface area (Å²) >= 11 is 0. The van der Waals surface area contributed by atoms with Crippen molar-refractivity contribution < 1.29 is 9.18 Å². The van der Waals surface area contributed by atoms with E-state index in [2.05, 4.69) is 5.32 Å². The molecule has 1 aromatic rings. The van der Waals surface area contributed by atoms with Crippen LogP contribution in [-0.2, 0) is 11.2 Å². The molecule has 22 heavy (non-hydrogen) atoms. The van der Waals surface area contributed by atoms with Gasteiger partial charge in [0.05, 0.1) is 0 Å². The summed E-state index contributed by atoms with van der Waals surface area (Å²) in [4.78, 5) is 12.8. The summed E-state index contributed by atoms with van der Waals surface area (Å²) in [6, 6.07) is 6.83. The third-order valence-corrected chi connectivity index (χ3v) is 6.16. The molecule has 0 saturated heterocycles. The van der Waals surface area contributed by atoms with Gasteiger partial charge in [-0.05, 0) is 74.3 Å². The van der Waals surface area contributed by atoms with Crippen LogP contribution in [0.3, 0.4) is 0 Å². The normalized spacial score (nSPS) is 35.6. The van der Waals surface area contributed by atoms with Crippen LogP contribution in [0.4, 0.5) is 4.39 Å². The van der Waals surface area contributed by atoms with Crippen molar-refractivity contribution in [1.29, 1.82) is 0 Å².